The standard InChI is InChI=1S/C12H7Cl2NO3/c13-6-1-2-7(9(14)3-6)8-4-15-11(12(8)18)10(17)5-16/h1-5,15,18H. The summed E-state index contributed by atoms with van der Waals surface area (Å²) >= 11 is 11.8. The second-order valence-electron chi connectivity index (χ2n) is 3.53. The first-order valence-electron chi connectivity index (χ1n) is 4.90. The van der Waals surface area contributed by atoms with Crippen LogP contribution in [-0.4, -0.2) is 22.2 Å². The largest absolute Gasteiger partial charge is 0.505 e. The smallest absolute Gasteiger partial charge is 0.245 e. The number of H-pyrrole nitrogens is 1. The lowest BCUT2D eigenvalue weighted by molar-refractivity contribution is -0.104. The molecule has 1 heterocycles. The van der Waals surface area contributed by atoms with Crippen LogP contribution in [0.1, 0.15) is 10.5 Å². The van der Waals surface area contributed by atoms with E-state index >= 15 is 0 Å². The summed E-state index contributed by atoms with van der Waals surface area (Å²) in [6.07, 6.45) is 1.53. The van der Waals surface area contributed by atoms with Gasteiger partial charge in [0.15, 0.2) is 12.0 Å². The molecule has 2 N–H and O–H groups in total. The van der Waals surface area contributed by atoms with E-state index in [0.29, 0.717) is 21.2 Å². The lowest BCUT2D eigenvalue weighted by atomic mass is 10.1. The van der Waals surface area contributed by atoms with Crippen molar-refractivity contribution in [2.45, 2.75) is 0 Å². The summed E-state index contributed by atoms with van der Waals surface area (Å²) in [5.74, 6) is -1.14. The van der Waals surface area contributed by atoms with Gasteiger partial charge in [0.25, 0.3) is 0 Å². The first kappa shape index (κ1) is 12.7. The van der Waals surface area contributed by atoms with Gasteiger partial charge in [-0.2, -0.15) is 0 Å². The number of aromatic nitrogens is 1. The molecule has 0 unspecified atom stereocenters. The first-order chi connectivity index (χ1) is 8.54. The predicted octanol–water partition coefficient (Wildman–Crippen LogP) is 3.08. The molecule has 0 saturated carbocycles. The molecule has 0 spiro atoms. The first-order valence-corrected chi connectivity index (χ1v) is 5.65. The second-order valence-corrected chi connectivity index (χ2v) is 4.38. The number of rotatable bonds is 3. The summed E-state index contributed by atoms with van der Waals surface area (Å²) in [5.41, 5.74) is 0.688. The Labute approximate surface area is 112 Å². The van der Waals surface area contributed by atoms with E-state index in [9.17, 15) is 14.7 Å². The van der Waals surface area contributed by atoms with Gasteiger partial charge in [0, 0.05) is 22.3 Å². The Balaban J connectivity index is 2.55. The fraction of sp³-hybridized carbons (Fsp3) is 0. The third-order valence-corrected chi connectivity index (χ3v) is 2.98. The predicted molar refractivity (Wildman–Crippen MR) is 68.3 cm³/mol. The van der Waals surface area contributed by atoms with Gasteiger partial charge in [-0.25, -0.2) is 0 Å². The molecule has 2 aromatic rings. The number of aromatic hydroxyl groups is 1. The van der Waals surface area contributed by atoms with Crippen molar-refractivity contribution in [3.05, 3.63) is 40.1 Å². The quantitative estimate of drug-likeness (QED) is 0.517. The summed E-state index contributed by atoms with van der Waals surface area (Å²) in [6, 6.07) is 4.74. The van der Waals surface area contributed by atoms with Crippen LogP contribution in [-0.2, 0) is 4.79 Å². The minimum atomic E-state index is -0.830. The number of Topliss-reactive ketones (excluding diaryl/α,β-unsaturated/α-hetero) is 1. The average Bonchev–Trinajstić information content (AvgIpc) is 2.70. The number of halogens is 2. The maximum atomic E-state index is 11.2. The zero-order valence-corrected chi connectivity index (χ0v) is 10.4. The third kappa shape index (κ3) is 2.12. The van der Waals surface area contributed by atoms with Crippen LogP contribution in [0, 0.1) is 0 Å². The van der Waals surface area contributed by atoms with Gasteiger partial charge in [0.2, 0.25) is 5.78 Å². The number of hydrogen-bond acceptors (Lipinski definition) is 3. The lowest BCUT2D eigenvalue weighted by Crippen LogP contribution is -1.99. The summed E-state index contributed by atoms with van der Waals surface area (Å²) in [6.45, 7) is 0. The van der Waals surface area contributed by atoms with Gasteiger partial charge in [-0.1, -0.05) is 29.3 Å². The Kier molecular flexibility index (Phi) is 3.41. The maximum Gasteiger partial charge on any atom is 0.245 e. The Hall–Kier alpha value is -1.78. The fourth-order valence-corrected chi connectivity index (χ4v) is 2.09. The molecule has 0 bridgehead atoms. The highest BCUT2D eigenvalue weighted by Gasteiger charge is 2.18. The van der Waals surface area contributed by atoms with Gasteiger partial charge in [-0.3, -0.25) is 9.59 Å². The summed E-state index contributed by atoms with van der Waals surface area (Å²) < 4.78 is 0. The molecule has 18 heavy (non-hydrogen) atoms. The molecule has 0 aliphatic carbocycles. The number of benzene rings is 1. The van der Waals surface area contributed by atoms with Crippen LogP contribution in [0.3, 0.4) is 0 Å². The molecular weight excluding hydrogens is 277 g/mol. The van der Waals surface area contributed by atoms with Crippen molar-refractivity contribution in [2.24, 2.45) is 0 Å². The van der Waals surface area contributed by atoms with Crippen molar-refractivity contribution in [1.82, 2.24) is 4.98 Å². The SMILES string of the molecule is O=CC(=O)c1[nH]cc(-c2ccc(Cl)cc2Cl)c1O. The van der Waals surface area contributed by atoms with E-state index in [-0.39, 0.29) is 17.7 Å². The van der Waals surface area contributed by atoms with E-state index in [1.807, 2.05) is 0 Å². The van der Waals surface area contributed by atoms with Crippen molar-refractivity contribution in [3.63, 3.8) is 0 Å². The molecule has 0 saturated heterocycles. The van der Waals surface area contributed by atoms with E-state index in [1.165, 1.54) is 12.3 Å². The second kappa shape index (κ2) is 4.84. The van der Waals surface area contributed by atoms with Crippen LogP contribution < -0.4 is 0 Å². The highest BCUT2D eigenvalue weighted by atomic mass is 35.5. The van der Waals surface area contributed by atoms with Crippen LogP contribution >= 0.6 is 23.2 Å². The minimum Gasteiger partial charge on any atom is -0.505 e. The molecular formula is C12H7Cl2NO3. The van der Waals surface area contributed by atoms with Crippen LogP contribution in [0.5, 0.6) is 5.75 Å². The third-order valence-electron chi connectivity index (χ3n) is 2.43. The minimum absolute atomic E-state index is 0.124. The maximum absolute atomic E-state index is 11.2. The van der Waals surface area contributed by atoms with E-state index in [0.717, 1.165) is 0 Å². The van der Waals surface area contributed by atoms with Crippen molar-refractivity contribution in [1.29, 1.82) is 0 Å². The topological polar surface area (TPSA) is 70.2 Å². The Morgan fingerprint density at radius 1 is 1.28 bits per heavy atom. The number of carbonyl (C=O) groups is 2. The molecule has 0 aliphatic rings. The van der Waals surface area contributed by atoms with Gasteiger partial charge in [-0.05, 0) is 12.1 Å². The van der Waals surface area contributed by atoms with Gasteiger partial charge in [0.05, 0.1) is 5.02 Å². The number of aromatic amines is 1. The van der Waals surface area contributed by atoms with E-state index in [4.69, 9.17) is 23.2 Å². The molecule has 92 valence electrons. The van der Waals surface area contributed by atoms with E-state index < -0.39 is 5.78 Å². The lowest BCUT2D eigenvalue weighted by Gasteiger charge is -2.03. The van der Waals surface area contributed by atoms with Gasteiger partial charge < -0.3 is 10.1 Å². The van der Waals surface area contributed by atoms with Crippen molar-refractivity contribution >= 4 is 35.3 Å². The highest BCUT2D eigenvalue weighted by Crippen LogP contribution is 2.37. The number of aldehydes is 1. The van der Waals surface area contributed by atoms with Crippen molar-refractivity contribution < 1.29 is 14.7 Å². The fourth-order valence-electron chi connectivity index (χ4n) is 1.58. The monoisotopic (exact) mass is 283 g/mol. The van der Waals surface area contributed by atoms with Crippen molar-refractivity contribution in [2.75, 3.05) is 0 Å². The molecule has 0 radical (unpaired) electrons. The van der Waals surface area contributed by atoms with E-state index in [2.05, 4.69) is 4.98 Å². The normalized spacial score (nSPS) is 10.3. The molecule has 1 aromatic heterocycles. The molecule has 0 aliphatic heterocycles. The Morgan fingerprint density at radius 3 is 2.61 bits per heavy atom. The van der Waals surface area contributed by atoms with Gasteiger partial charge >= 0.3 is 0 Å². The van der Waals surface area contributed by atoms with Crippen LogP contribution in [0.4, 0.5) is 0 Å². The Morgan fingerprint density at radius 2 is 2.00 bits per heavy atom. The molecule has 0 fully saturated rings. The van der Waals surface area contributed by atoms with Crippen LogP contribution in [0.2, 0.25) is 10.0 Å². The summed E-state index contributed by atoms with van der Waals surface area (Å²) in [7, 11) is 0. The number of carbonyl (C=O) groups excluding carboxylic acids is 2. The van der Waals surface area contributed by atoms with Crippen molar-refractivity contribution in [3.8, 4) is 16.9 Å². The summed E-state index contributed by atoms with van der Waals surface area (Å²) in [4.78, 5) is 24.1. The number of nitrogens with one attached hydrogen (secondary N) is 1. The summed E-state index contributed by atoms with van der Waals surface area (Å²) in [5, 5.41) is 10.7. The molecule has 2 rings (SSSR count). The zero-order chi connectivity index (χ0) is 13.3. The molecule has 1 aromatic carbocycles. The molecule has 0 amide bonds. The number of ketones is 1. The Bertz CT molecular complexity index is 634. The molecule has 6 heteroatoms. The average molecular weight is 284 g/mol. The molecule has 4 nitrogen and oxygen atoms in total. The highest BCUT2D eigenvalue weighted by molar-refractivity contribution is 6.37. The molecule has 0 atom stereocenters. The van der Waals surface area contributed by atoms with Crippen LogP contribution in [0.25, 0.3) is 11.1 Å². The van der Waals surface area contributed by atoms with Crippen LogP contribution in [0.15, 0.2) is 24.4 Å². The number of hydrogen-bond donors (Lipinski definition) is 2. The van der Waals surface area contributed by atoms with E-state index in [1.54, 1.807) is 12.1 Å². The van der Waals surface area contributed by atoms with Gasteiger partial charge in [0.1, 0.15) is 5.69 Å². The van der Waals surface area contributed by atoms with Gasteiger partial charge in [-0.15, -0.1) is 0 Å². The zero-order valence-electron chi connectivity index (χ0n) is 8.91.